The Hall–Kier alpha value is -1.11. The first-order valence-corrected chi connectivity index (χ1v) is 4.39. The number of allylic oxidation sites excluding steroid dienone is 1. The molecule has 1 nitrogen and oxygen atoms in total. The fraction of sp³-hybridized carbons (Fsp3) is 0.364. The van der Waals surface area contributed by atoms with Gasteiger partial charge in [0.15, 0.2) is 0 Å². The lowest BCUT2D eigenvalue weighted by atomic mass is 10.1. The summed E-state index contributed by atoms with van der Waals surface area (Å²) in [5, 5.41) is 0. The Kier molecular flexibility index (Phi) is 3.52. The van der Waals surface area contributed by atoms with Gasteiger partial charge in [0, 0.05) is 11.9 Å². The van der Waals surface area contributed by atoms with E-state index in [-0.39, 0.29) is 0 Å². The van der Waals surface area contributed by atoms with Crippen molar-refractivity contribution in [3.63, 3.8) is 0 Å². The van der Waals surface area contributed by atoms with E-state index in [2.05, 4.69) is 24.6 Å². The van der Waals surface area contributed by atoms with E-state index in [1.54, 1.807) is 0 Å². The van der Waals surface area contributed by atoms with E-state index in [0.717, 1.165) is 25.0 Å². The van der Waals surface area contributed by atoms with Crippen molar-refractivity contribution in [2.45, 2.75) is 26.2 Å². The monoisotopic (exact) mass is 161 g/mol. The van der Waals surface area contributed by atoms with E-state index in [0.29, 0.717) is 0 Å². The van der Waals surface area contributed by atoms with Gasteiger partial charge in [-0.1, -0.05) is 25.1 Å². The normalized spacial score (nSPS) is 9.75. The Morgan fingerprint density at radius 3 is 2.92 bits per heavy atom. The first-order valence-electron chi connectivity index (χ1n) is 4.39. The molecule has 0 radical (unpaired) electrons. The molecule has 0 saturated heterocycles. The highest BCUT2D eigenvalue weighted by molar-refractivity contribution is 5.06. The van der Waals surface area contributed by atoms with Gasteiger partial charge in [-0.15, -0.1) is 0 Å². The summed E-state index contributed by atoms with van der Waals surface area (Å²) in [5.74, 6) is 0. The van der Waals surface area contributed by atoms with Gasteiger partial charge in [0.05, 0.1) is 0 Å². The summed E-state index contributed by atoms with van der Waals surface area (Å²) in [6.45, 7) is 6.10. The van der Waals surface area contributed by atoms with Crippen LogP contribution in [0.25, 0.3) is 0 Å². The van der Waals surface area contributed by atoms with Crippen LogP contribution in [0, 0.1) is 0 Å². The predicted molar refractivity (Wildman–Crippen MR) is 52.0 cm³/mol. The zero-order chi connectivity index (χ0) is 8.81. The number of nitrogens with zero attached hydrogens (tertiary/aromatic N) is 1. The molecule has 1 heteroatoms. The van der Waals surface area contributed by atoms with Crippen molar-refractivity contribution in [3.05, 3.63) is 42.2 Å². The molecule has 0 spiro atoms. The molecule has 0 aliphatic heterocycles. The van der Waals surface area contributed by atoms with Gasteiger partial charge in [-0.3, -0.25) is 4.98 Å². The van der Waals surface area contributed by atoms with Gasteiger partial charge < -0.3 is 0 Å². The number of aromatic nitrogens is 1. The van der Waals surface area contributed by atoms with Crippen LogP contribution in [-0.4, -0.2) is 4.98 Å². The quantitative estimate of drug-likeness (QED) is 0.619. The van der Waals surface area contributed by atoms with Gasteiger partial charge in [-0.05, 0) is 31.4 Å². The smallest absolute Gasteiger partial charge is 0.0406 e. The zero-order valence-corrected chi connectivity index (χ0v) is 7.59. The maximum atomic E-state index is 4.24. The van der Waals surface area contributed by atoms with Crippen molar-refractivity contribution >= 4 is 0 Å². The fourth-order valence-corrected chi connectivity index (χ4v) is 1.03. The van der Waals surface area contributed by atoms with Gasteiger partial charge in [-0.25, -0.2) is 0 Å². The summed E-state index contributed by atoms with van der Waals surface area (Å²) in [6.07, 6.45) is 5.00. The van der Waals surface area contributed by atoms with Gasteiger partial charge in [0.1, 0.15) is 0 Å². The summed E-state index contributed by atoms with van der Waals surface area (Å²) in [5.41, 5.74) is 2.47. The topological polar surface area (TPSA) is 12.9 Å². The Balaban J connectivity index is 2.38. The standard InChI is InChI=1S/C11H15N/c1-3-10(2)7-8-11-6-4-5-9-12-11/h4-6,9H,2-3,7-8H2,1H3. The lowest BCUT2D eigenvalue weighted by molar-refractivity contribution is 0.863. The minimum atomic E-state index is 1.02. The Labute approximate surface area is 74.2 Å². The maximum Gasteiger partial charge on any atom is 0.0406 e. The SMILES string of the molecule is C=C(CC)CCc1ccccn1. The molecule has 0 unspecified atom stereocenters. The highest BCUT2D eigenvalue weighted by Gasteiger charge is 1.94. The molecular formula is C11H15N. The molecule has 0 aliphatic rings. The predicted octanol–water partition coefficient (Wildman–Crippen LogP) is 2.98. The van der Waals surface area contributed by atoms with E-state index in [1.807, 2.05) is 18.3 Å². The molecule has 1 aromatic rings. The number of hydrogen-bond acceptors (Lipinski definition) is 1. The van der Waals surface area contributed by atoms with Gasteiger partial charge in [0.2, 0.25) is 0 Å². The van der Waals surface area contributed by atoms with Gasteiger partial charge >= 0.3 is 0 Å². The molecule has 0 aromatic carbocycles. The zero-order valence-electron chi connectivity index (χ0n) is 7.59. The summed E-state index contributed by atoms with van der Waals surface area (Å²) in [4.78, 5) is 4.24. The second-order valence-electron chi connectivity index (χ2n) is 2.92. The third-order valence-corrected chi connectivity index (χ3v) is 1.96. The van der Waals surface area contributed by atoms with Crippen LogP contribution in [0.2, 0.25) is 0 Å². The fourth-order valence-electron chi connectivity index (χ4n) is 1.03. The largest absolute Gasteiger partial charge is 0.261 e. The molecule has 0 N–H and O–H groups in total. The lowest BCUT2D eigenvalue weighted by Gasteiger charge is -2.00. The van der Waals surface area contributed by atoms with Crippen LogP contribution >= 0.6 is 0 Å². The van der Waals surface area contributed by atoms with Crippen LogP contribution in [0.3, 0.4) is 0 Å². The molecule has 0 bridgehead atoms. The Bertz CT molecular complexity index is 238. The molecule has 0 saturated carbocycles. The van der Waals surface area contributed by atoms with Gasteiger partial charge in [-0.2, -0.15) is 0 Å². The number of aryl methyl sites for hydroxylation is 1. The molecule has 0 amide bonds. The average molecular weight is 161 g/mol. The highest BCUT2D eigenvalue weighted by atomic mass is 14.7. The first kappa shape index (κ1) is 8.98. The van der Waals surface area contributed by atoms with Crippen molar-refractivity contribution in [1.82, 2.24) is 4.98 Å². The van der Waals surface area contributed by atoms with Crippen LogP contribution in [-0.2, 0) is 6.42 Å². The average Bonchev–Trinajstić information content (AvgIpc) is 2.16. The number of pyridine rings is 1. The third-order valence-electron chi connectivity index (χ3n) is 1.96. The van der Waals surface area contributed by atoms with Crippen molar-refractivity contribution in [3.8, 4) is 0 Å². The number of rotatable bonds is 4. The molecule has 12 heavy (non-hydrogen) atoms. The molecule has 0 fully saturated rings. The summed E-state index contributed by atoms with van der Waals surface area (Å²) in [6, 6.07) is 6.03. The highest BCUT2D eigenvalue weighted by Crippen LogP contribution is 2.07. The van der Waals surface area contributed by atoms with E-state index in [9.17, 15) is 0 Å². The Morgan fingerprint density at radius 2 is 2.33 bits per heavy atom. The molecular weight excluding hydrogens is 146 g/mol. The van der Waals surface area contributed by atoms with Crippen molar-refractivity contribution in [1.29, 1.82) is 0 Å². The molecule has 64 valence electrons. The summed E-state index contributed by atoms with van der Waals surface area (Å²) < 4.78 is 0. The van der Waals surface area contributed by atoms with E-state index in [1.165, 1.54) is 5.57 Å². The third kappa shape index (κ3) is 2.87. The minimum absolute atomic E-state index is 1.02. The van der Waals surface area contributed by atoms with Crippen LogP contribution in [0.15, 0.2) is 36.5 Å². The van der Waals surface area contributed by atoms with Crippen molar-refractivity contribution in [2.75, 3.05) is 0 Å². The molecule has 0 aliphatic carbocycles. The molecule has 1 rings (SSSR count). The van der Waals surface area contributed by atoms with Crippen LogP contribution in [0.5, 0.6) is 0 Å². The van der Waals surface area contributed by atoms with Crippen molar-refractivity contribution < 1.29 is 0 Å². The summed E-state index contributed by atoms with van der Waals surface area (Å²) >= 11 is 0. The van der Waals surface area contributed by atoms with E-state index in [4.69, 9.17) is 0 Å². The maximum absolute atomic E-state index is 4.24. The van der Waals surface area contributed by atoms with E-state index >= 15 is 0 Å². The second-order valence-corrected chi connectivity index (χ2v) is 2.92. The van der Waals surface area contributed by atoms with E-state index < -0.39 is 0 Å². The molecule has 1 heterocycles. The van der Waals surface area contributed by atoms with Crippen LogP contribution < -0.4 is 0 Å². The Morgan fingerprint density at radius 1 is 1.50 bits per heavy atom. The molecule has 0 atom stereocenters. The van der Waals surface area contributed by atoms with Crippen LogP contribution in [0.4, 0.5) is 0 Å². The summed E-state index contributed by atoms with van der Waals surface area (Å²) in [7, 11) is 0. The first-order chi connectivity index (χ1) is 5.83. The molecule has 1 aromatic heterocycles. The minimum Gasteiger partial charge on any atom is -0.261 e. The number of hydrogen-bond donors (Lipinski definition) is 0. The second kappa shape index (κ2) is 4.70. The lowest BCUT2D eigenvalue weighted by Crippen LogP contribution is -1.89. The van der Waals surface area contributed by atoms with Crippen molar-refractivity contribution in [2.24, 2.45) is 0 Å². The van der Waals surface area contributed by atoms with Gasteiger partial charge in [0.25, 0.3) is 0 Å². The van der Waals surface area contributed by atoms with Crippen LogP contribution in [0.1, 0.15) is 25.5 Å².